The molecule has 1 aliphatic heterocycles. The van der Waals surface area contributed by atoms with Crippen LogP contribution in [0.4, 0.5) is 4.39 Å². The Balaban J connectivity index is 2.22. The molecule has 0 aliphatic carbocycles. The van der Waals surface area contributed by atoms with Crippen molar-refractivity contribution in [3.63, 3.8) is 0 Å². The number of halogens is 1. The normalized spacial score (nSPS) is 17.8. The van der Waals surface area contributed by atoms with Gasteiger partial charge < -0.3 is 0 Å². The summed E-state index contributed by atoms with van der Waals surface area (Å²) in [5, 5.41) is 0. The van der Waals surface area contributed by atoms with Crippen molar-refractivity contribution in [2.75, 3.05) is 13.1 Å². The highest BCUT2D eigenvalue weighted by atomic mass is 19.1. The zero-order chi connectivity index (χ0) is 14.8. The number of aryl methyl sites for hydroxylation is 1. The van der Waals surface area contributed by atoms with E-state index >= 15 is 0 Å². The van der Waals surface area contributed by atoms with Crippen molar-refractivity contribution >= 4 is 5.78 Å². The molecule has 1 fully saturated rings. The number of rotatable bonds is 3. The molecule has 1 aliphatic rings. The Kier molecular flexibility index (Phi) is 4.59. The summed E-state index contributed by atoms with van der Waals surface area (Å²) in [6.07, 6.45) is 4.75. The van der Waals surface area contributed by atoms with Gasteiger partial charge in [0.25, 0.3) is 0 Å². The number of hydrogen-bond acceptors (Lipinski definition) is 2. The van der Waals surface area contributed by atoms with Gasteiger partial charge in [-0.25, -0.2) is 4.39 Å². The summed E-state index contributed by atoms with van der Waals surface area (Å²) < 4.78 is 13.7. The van der Waals surface area contributed by atoms with E-state index in [2.05, 4.69) is 4.90 Å². The molecule has 0 N–H and O–H groups in total. The van der Waals surface area contributed by atoms with Gasteiger partial charge in [0.1, 0.15) is 5.82 Å². The van der Waals surface area contributed by atoms with E-state index in [-0.39, 0.29) is 11.6 Å². The fourth-order valence-corrected chi connectivity index (χ4v) is 2.86. The number of nitrogens with zero attached hydrogens (tertiary/aromatic N) is 1. The molecule has 1 heterocycles. The van der Waals surface area contributed by atoms with Gasteiger partial charge >= 0.3 is 0 Å². The number of carbonyl (C=O) groups excluding carboxylic acids is 1. The first-order valence-corrected chi connectivity index (χ1v) is 7.49. The Morgan fingerprint density at radius 2 is 1.75 bits per heavy atom. The summed E-state index contributed by atoms with van der Waals surface area (Å²) in [6.45, 7) is 7.53. The van der Waals surface area contributed by atoms with Gasteiger partial charge in [-0.05, 0) is 58.3 Å². The van der Waals surface area contributed by atoms with Crippen LogP contribution in [0.3, 0.4) is 0 Å². The molecule has 2 nitrogen and oxygen atoms in total. The van der Waals surface area contributed by atoms with Crippen molar-refractivity contribution in [1.29, 1.82) is 0 Å². The molecule has 0 atom stereocenters. The van der Waals surface area contributed by atoms with E-state index in [1.165, 1.54) is 18.9 Å². The summed E-state index contributed by atoms with van der Waals surface area (Å²) >= 11 is 0. The van der Waals surface area contributed by atoms with Crippen LogP contribution in [0.25, 0.3) is 0 Å². The van der Waals surface area contributed by atoms with Crippen molar-refractivity contribution in [3.8, 4) is 0 Å². The quantitative estimate of drug-likeness (QED) is 0.779. The third-order valence-electron chi connectivity index (χ3n) is 4.39. The van der Waals surface area contributed by atoms with Crippen LogP contribution in [-0.2, 0) is 0 Å². The van der Waals surface area contributed by atoms with Gasteiger partial charge in [-0.1, -0.05) is 25.0 Å². The van der Waals surface area contributed by atoms with Gasteiger partial charge in [0.05, 0.1) is 5.54 Å². The Hall–Kier alpha value is -1.22. The molecule has 0 amide bonds. The largest absolute Gasteiger partial charge is 0.292 e. The second-order valence-corrected chi connectivity index (χ2v) is 6.25. The lowest BCUT2D eigenvalue weighted by molar-refractivity contribution is 0.0649. The average Bonchev–Trinajstić information content (AvgIpc) is 2.70. The van der Waals surface area contributed by atoms with Crippen molar-refractivity contribution in [1.82, 2.24) is 4.90 Å². The Bertz CT molecular complexity index is 488. The standard InChI is InChI=1S/C17H24FNO/c1-13-8-9-14(12-15(13)18)16(20)17(2,3)19-10-6-4-5-7-11-19/h8-9,12H,4-7,10-11H2,1-3H3. The lowest BCUT2D eigenvalue weighted by atomic mass is 9.90. The predicted octanol–water partition coefficient (Wildman–Crippen LogP) is 3.97. The molecule has 3 heteroatoms. The van der Waals surface area contributed by atoms with Crippen LogP contribution in [0.15, 0.2) is 18.2 Å². The molecule has 1 saturated heterocycles. The van der Waals surface area contributed by atoms with E-state index in [0.717, 1.165) is 25.9 Å². The van der Waals surface area contributed by atoms with E-state index in [0.29, 0.717) is 11.1 Å². The first kappa shape index (κ1) is 15.2. The summed E-state index contributed by atoms with van der Waals surface area (Å²) in [5.74, 6) is -0.291. The summed E-state index contributed by atoms with van der Waals surface area (Å²) in [7, 11) is 0. The first-order valence-electron chi connectivity index (χ1n) is 7.49. The molecule has 0 unspecified atom stereocenters. The smallest absolute Gasteiger partial charge is 0.182 e. The van der Waals surface area contributed by atoms with Crippen molar-refractivity contribution in [2.24, 2.45) is 0 Å². The highest BCUT2D eigenvalue weighted by Crippen LogP contribution is 2.25. The highest BCUT2D eigenvalue weighted by Gasteiger charge is 2.35. The summed E-state index contributed by atoms with van der Waals surface area (Å²) in [4.78, 5) is 15.0. The molecule has 0 saturated carbocycles. The predicted molar refractivity (Wildman–Crippen MR) is 79.6 cm³/mol. The minimum Gasteiger partial charge on any atom is -0.292 e. The lowest BCUT2D eigenvalue weighted by Crippen LogP contribution is -2.50. The molecular weight excluding hydrogens is 253 g/mol. The molecule has 110 valence electrons. The monoisotopic (exact) mass is 277 g/mol. The second kappa shape index (κ2) is 6.04. The van der Waals surface area contributed by atoms with Crippen molar-refractivity contribution in [2.45, 2.75) is 52.0 Å². The fraction of sp³-hybridized carbons (Fsp3) is 0.588. The molecule has 0 spiro atoms. The van der Waals surface area contributed by atoms with Crippen LogP contribution < -0.4 is 0 Å². The van der Waals surface area contributed by atoms with Crippen LogP contribution in [0, 0.1) is 12.7 Å². The molecule has 1 aromatic rings. The summed E-state index contributed by atoms with van der Waals surface area (Å²) in [5.41, 5.74) is 0.489. The minimum absolute atomic E-state index is 0.0123. The second-order valence-electron chi connectivity index (χ2n) is 6.25. The van der Waals surface area contributed by atoms with Gasteiger partial charge in [-0.2, -0.15) is 0 Å². The third kappa shape index (κ3) is 3.09. The number of Topliss-reactive ketones (excluding diaryl/α,β-unsaturated/α-hetero) is 1. The zero-order valence-corrected chi connectivity index (χ0v) is 12.7. The van der Waals surface area contributed by atoms with Gasteiger partial charge in [0, 0.05) is 5.56 Å². The van der Waals surface area contributed by atoms with Crippen LogP contribution in [0.1, 0.15) is 55.5 Å². The third-order valence-corrected chi connectivity index (χ3v) is 4.39. The molecular formula is C17H24FNO. The van der Waals surface area contributed by atoms with E-state index in [9.17, 15) is 9.18 Å². The van der Waals surface area contributed by atoms with E-state index in [1.807, 2.05) is 13.8 Å². The molecule has 0 aromatic heterocycles. The molecule has 2 rings (SSSR count). The lowest BCUT2D eigenvalue weighted by Gasteiger charge is -2.36. The van der Waals surface area contributed by atoms with Crippen LogP contribution in [-0.4, -0.2) is 29.3 Å². The number of carbonyl (C=O) groups is 1. The molecule has 20 heavy (non-hydrogen) atoms. The van der Waals surface area contributed by atoms with Gasteiger partial charge in [-0.3, -0.25) is 9.69 Å². The number of ketones is 1. The zero-order valence-electron chi connectivity index (χ0n) is 12.7. The minimum atomic E-state index is -0.563. The number of benzene rings is 1. The molecule has 0 radical (unpaired) electrons. The van der Waals surface area contributed by atoms with E-state index < -0.39 is 5.54 Å². The van der Waals surface area contributed by atoms with Crippen LogP contribution in [0.2, 0.25) is 0 Å². The molecule has 0 bridgehead atoms. The van der Waals surface area contributed by atoms with Gasteiger partial charge in [-0.15, -0.1) is 0 Å². The van der Waals surface area contributed by atoms with Crippen molar-refractivity contribution in [3.05, 3.63) is 35.1 Å². The Labute approximate surface area is 121 Å². The SMILES string of the molecule is Cc1ccc(C(=O)C(C)(C)N2CCCCCC2)cc1F. The fourth-order valence-electron chi connectivity index (χ4n) is 2.86. The van der Waals surface area contributed by atoms with Gasteiger partial charge in [0.15, 0.2) is 5.78 Å². The van der Waals surface area contributed by atoms with E-state index in [1.54, 1.807) is 19.1 Å². The first-order chi connectivity index (χ1) is 9.43. The van der Waals surface area contributed by atoms with Crippen LogP contribution in [0.5, 0.6) is 0 Å². The molecule has 1 aromatic carbocycles. The Morgan fingerprint density at radius 3 is 2.30 bits per heavy atom. The average molecular weight is 277 g/mol. The topological polar surface area (TPSA) is 20.3 Å². The van der Waals surface area contributed by atoms with E-state index in [4.69, 9.17) is 0 Å². The number of hydrogen-bond donors (Lipinski definition) is 0. The summed E-state index contributed by atoms with van der Waals surface area (Å²) in [6, 6.07) is 4.79. The maximum Gasteiger partial charge on any atom is 0.182 e. The van der Waals surface area contributed by atoms with Crippen LogP contribution >= 0.6 is 0 Å². The number of likely N-dealkylation sites (tertiary alicyclic amines) is 1. The van der Waals surface area contributed by atoms with Crippen molar-refractivity contribution < 1.29 is 9.18 Å². The highest BCUT2D eigenvalue weighted by molar-refractivity contribution is 6.02. The van der Waals surface area contributed by atoms with Gasteiger partial charge in [0.2, 0.25) is 0 Å². The maximum absolute atomic E-state index is 13.7. The Morgan fingerprint density at radius 1 is 1.15 bits per heavy atom. The maximum atomic E-state index is 13.7.